The highest BCUT2D eigenvalue weighted by atomic mass is 32.1. The predicted octanol–water partition coefficient (Wildman–Crippen LogP) is 3.79. The molecular formula is C22H24N4OS. The minimum atomic E-state index is 0.226. The molecule has 0 aliphatic carbocycles. The van der Waals surface area contributed by atoms with Gasteiger partial charge in [-0.2, -0.15) is 0 Å². The summed E-state index contributed by atoms with van der Waals surface area (Å²) in [6, 6.07) is 12.5. The maximum Gasteiger partial charge on any atom is 0.223 e. The van der Waals surface area contributed by atoms with Gasteiger partial charge in [0.05, 0.1) is 10.7 Å². The smallest absolute Gasteiger partial charge is 0.223 e. The van der Waals surface area contributed by atoms with E-state index < -0.39 is 0 Å². The average molecular weight is 393 g/mol. The van der Waals surface area contributed by atoms with Gasteiger partial charge < -0.3 is 9.80 Å². The van der Waals surface area contributed by atoms with Crippen molar-refractivity contribution in [1.29, 1.82) is 0 Å². The molecule has 28 heavy (non-hydrogen) atoms. The summed E-state index contributed by atoms with van der Waals surface area (Å²) < 4.78 is 0. The standard InChI is InChI=1S/C22H24N4OS/c1-17-3-2-4-19(15-17)25-11-13-26(14-12-25)22(27)6-5-21-24-20(16-28-21)18-7-9-23-10-8-18/h2-4,7-10,15-16H,5-6,11-14H2,1H3. The summed E-state index contributed by atoms with van der Waals surface area (Å²) in [4.78, 5) is 25.7. The van der Waals surface area contributed by atoms with Gasteiger partial charge >= 0.3 is 0 Å². The molecule has 1 saturated heterocycles. The van der Waals surface area contributed by atoms with Gasteiger partial charge in [0.2, 0.25) is 5.91 Å². The number of hydrogen-bond donors (Lipinski definition) is 0. The number of nitrogens with zero attached hydrogens (tertiary/aromatic N) is 4. The SMILES string of the molecule is Cc1cccc(N2CCN(C(=O)CCc3nc(-c4ccncc4)cs3)CC2)c1. The van der Waals surface area contributed by atoms with Gasteiger partial charge in [-0.25, -0.2) is 4.98 Å². The van der Waals surface area contributed by atoms with Crippen molar-refractivity contribution in [3.63, 3.8) is 0 Å². The molecule has 144 valence electrons. The Morgan fingerprint density at radius 1 is 1.11 bits per heavy atom. The summed E-state index contributed by atoms with van der Waals surface area (Å²) in [7, 11) is 0. The molecule has 1 amide bonds. The number of rotatable bonds is 5. The van der Waals surface area contributed by atoms with E-state index in [9.17, 15) is 4.79 Å². The number of hydrogen-bond acceptors (Lipinski definition) is 5. The number of piperazine rings is 1. The first kappa shape index (κ1) is 18.6. The minimum Gasteiger partial charge on any atom is -0.368 e. The van der Waals surface area contributed by atoms with Crippen molar-refractivity contribution in [2.24, 2.45) is 0 Å². The van der Waals surface area contributed by atoms with Crippen LogP contribution in [0.3, 0.4) is 0 Å². The molecule has 2 aromatic heterocycles. The molecule has 6 heteroatoms. The summed E-state index contributed by atoms with van der Waals surface area (Å²) in [5.41, 5.74) is 4.54. The molecule has 1 fully saturated rings. The Bertz CT molecular complexity index is 932. The number of thiazole rings is 1. The molecule has 0 N–H and O–H groups in total. The zero-order valence-corrected chi connectivity index (χ0v) is 16.9. The van der Waals surface area contributed by atoms with Crippen molar-refractivity contribution in [2.45, 2.75) is 19.8 Å². The summed E-state index contributed by atoms with van der Waals surface area (Å²) >= 11 is 1.62. The molecule has 0 saturated carbocycles. The zero-order chi connectivity index (χ0) is 19.3. The highest BCUT2D eigenvalue weighted by Crippen LogP contribution is 2.22. The Morgan fingerprint density at radius 2 is 1.89 bits per heavy atom. The predicted molar refractivity (Wildman–Crippen MR) is 114 cm³/mol. The fraction of sp³-hybridized carbons (Fsp3) is 0.318. The van der Waals surface area contributed by atoms with Gasteiger partial charge in [0, 0.05) is 68.0 Å². The van der Waals surface area contributed by atoms with E-state index in [2.05, 4.69) is 51.4 Å². The van der Waals surface area contributed by atoms with Gasteiger partial charge in [-0.1, -0.05) is 12.1 Å². The lowest BCUT2D eigenvalue weighted by molar-refractivity contribution is -0.131. The Balaban J connectivity index is 1.28. The molecule has 4 rings (SSSR count). The molecule has 0 unspecified atom stereocenters. The average Bonchev–Trinajstić information content (AvgIpc) is 3.22. The molecule has 5 nitrogen and oxygen atoms in total. The lowest BCUT2D eigenvalue weighted by atomic mass is 10.2. The number of amides is 1. The highest BCUT2D eigenvalue weighted by molar-refractivity contribution is 7.09. The van der Waals surface area contributed by atoms with Crippen LogP contribution in [0.4, 0.5) is 5.69 Å². The third kappa shape index (κ3) is 4.39. The molecule has 1 aromatic carbocycles. The Kier molecular flexibility index (Phi) is 5.67. The quantitative estimate of drug-likeness (QED) is 0.663. The normalized spacial score (nSPS) is 14.3. The highest BCUT2D eigenvalue weighted by Gasteiger charge is 2.21. The van der Waals surface area contributed by atoms with Crippen LogP contribution in [0.1, 0.15) is 17.0 Å². The largest absolute Gasteiger partial charge is 0.368 e. The van der Waals surface area contributed by atoms with E-state index >= 15 is 0 Å². The second kappa shape index (κ2) is 8.52. The molecule has 1 aliphatic rings. The topological polar surface area (TPSA) is 49.3 Å². The number of benzene rings is 1. The first-order valence-corrected chi connectivity index (χ1v) is 10.5. The van der Waals surface area contributed by atoms with Crippen LogP contribution in [0.5, 0.6) is 0 Å². The van der Waals surface area contributed by atoms with E-state index in [1.54, 1.807) is 23.7 Å². The molecule has 0 atom stereocenters. The van der Waals surface area contributed by atoms with Crippen LogP contribution < -0.4 is 4.90 Å². The van der Waals surface area contributed by atoms with Gasteiger partial charge in [-0.3, -0.25) is 9.78 Å². The lowest BCUT2D eigenvalue weighted by Gasteiger charge is -2.36. The second-order valence-electron chi connectivity index (χ2n) is 7.07. The lowest BCUT2D eigenvalue weighted by Crippen LogP contribution is -2.48. The number of pyridine rings is 1. The van der Waals surface area contributed by atoms with Crippen molar-refractivity contribution in [3.05, 3.63) is 64.7 Å². The van der Waals surface area contributed by atoms with Crippen molar-refractivity contribution >= 4 is 22.9 Å². The van der Waals surface area contributed by atoms with Gasteiger partial charge in [0.25, 0.3) is 0 Å². The number of anilines is 1. The first-order valence-electron chi connectivity index (χ1n) is 9.63. The maximum atomic E-state index is 12.6. The van der Waals surface area contributed by atoms with Gasteiger partial charge in [-0.05, 0) is 36.8 Å². The zero-order valence-electron chi connectivity index (χ0n) is 16.0. The van der Waals surface area contributed by atoms with Crippen LogP contribution in [0.15, 0.2) is 54.2 Å². The number of aromatic nitrogens is 2. The number of carbonyl (C=O) groups is 1. The Hall–Kier alpha value is -2.73. The summed E-state index contributed by atoms with van der Waals surface area (Å²) in [6.45, 7) is 5.46. The Morgan fingerprint density at radius 3 is 2.64 bits per heavy atom. The fourth-order valence-corrected chi connectivity index (χ4v) is 4.30. The second-order valence-corrected chi connectivity index (χ2v) is 8.01. The number of carbonyl (C=O) groups excluding carboxylic acids is 1. The van der Waals surface area contributed by atoms with Gasteiger partial charge in [0.15, 0.2) is 0 Å². The van der Waals surface area contributed by atoms with Crippen molar-refractivity contribution in [3.8, 4) is 11.3 Å². The van der Waals surface area contributed by atoms with Crippen LogP contribution >= 0.6 is 11.3 Å². The third-order valence-electron chi connectivity index (χ3n) is 5.08. The molecule has 3 aromatic rings. The van der Waals surface area contributed by atoms with Crippen molar-refractivity contribution in [1.82, 2.24) is 14.9 Å². The Labute approximate surface area is 169 Å². The summed E-state index contributed by atoms with van der Waals surface area (Å²) in [6.07, 6.45) is 4.77. The van der Waals surface area contributed by atoms with Crippen molar-refractivity contribution < 1.29 is 4.79 Å². The van der Waals surface area contributed by atoms with Crippen LogP contribution in [0, 0.1) is 6.92 Å². The van der Waals surface area contributed by atoms with Crippen LogP contribution in [-0.4, -0.2) is 47.0 Å². The summed E-state index contributed by atoms with van der Waals surface area (Å²) in [5.74, 6) is 0.226. The minimum absolute atomic E-state index is 0.226. The molecule has 3 heterocycles. The fourth-order valence-electron chi connectivity index (χ4n) is 3.49. The monoisotopic (exact) mass is 392 g/mol. The van der Waals surface area contributed by atoms with E-state index in [0.29, 0.717) is 12.8 Å². The van der Waals surface area contributed by atoms with E-state index in [-0.39, 0.29) is 5.91 Å². The summed E-state index contributed by atoms with van der Waals surface area (Å²) in [5, 5.41) is 3.06. The number of aryl methyl sites for hydroxylation is 2. The van der Waals surface area contributed by atoms with E-state index in [1.807, 2.05) is 17.0 Å². The van der Waals surface area contributed by atoms with E-state index in [0.717, 1.165) is 42.4 Å². The van der Waals surface area contributed by atoms with Gasteiger partial charge in [0.1, 0.15) is 0 Å². The molecule has 0 spiro atoms. The first-order chi connectivity index (χ1) is 13.7. The van der Waals surface area contributed by atoms with E-state index in [4.69, 9.17) is 0 Å². The van der Waals surface area contributed by atoms with Crippen molar-refractivity contribution in [2.75, 3.05) is 31.1 Å². The molecule has 1 aliphatic heterocycles. The molecular weight excluding hydrogens is 368 g/mol. The van der Waals surface area contributed by atoms with Crippen LogP contribution in [0.25, 0.3) is 11.3 Å². The van der Waals surface area contributed by atoms with Crippen LogP contribution in [-0.2, 0) is 11.2 Å². The third-order valence-corrected chi connectivity index (χ3v) is 5.99. The van der Waals surface area contributed by atoms with Gasteiger partial charge in [-0.15, -0.1) is 11.3 Å². The van der Waals surface area contributed by atoms with Crippen LogP contribution in [0.2, 0.25) is 0 Å². The van der Waals surface area contributed by atoms with E-state index in [1.165, 1.54) is 11.3 Å². The molecule has 0 bridgehead atoms. The molecule has 0 radical (unpaired) electrons. The maximum absolute atomic E-state index is 12.6.